The van der Waals surface area contributed by atoms with E-state index in [1.54, 1.807) is 12.1 Å². The summed E-state index contributed by atoms with van der Waals surface area (Å²) < 4.78 is 12.9. The zero-order valence-electron chi connectivity index (χ0n) is 14.6. The second-order valence-corrected chi connectivity index (χ2v) is 6.38. The molecule has 0 heterocycles. The average molecular weight is 329 g/mol. The fraction of sp³-hybridized carbons (Fsp3) is 0.350. The predicted octanol–water partition coefficient (Wildman–Crippen LogP) is 2.99. The van der Waals surface area contributed by atoms with Gasteiger partial charge in [0.25, 0.3) is 5.91 Å². The molecule has 0 aliphatic carbocycles. The van der Waals surface area contributed by atoms with E-state index in [0.717, 1.165) is 22.6 Å². The van der Waals surface area contributed by atoms with Crippen LogP contribution in [0.15, 0.2) is 48.5 Å². The summed E-state index contributed by atoms with van der Waals surface area (Å²) in [5.41, 5.74) is 3.08. The summed E-state index contributed by atoms with van der Waals surface area (Å²) in [6, 6.07) is 14.4. The van der Waals surface area contributed by atoms with Crippen LogP contribution in [0.4, 0.5) is 10.1 Å². The van der Waals surface area contributed by atoms with Gasteiger partial charge in [-0.2, -0.15) is 0 Å². The van der Waals surface area contributed by atoms with Gasteiger partial charge in [0, 0.05) is 11.3 Å². The van der Waals surface area contributed by atoms with Crippen LogP contribution in [-0.4, -0.2) is 19.5 Å². The van der Waals surface area contributed by atoms with Crippen molar-refractivity contribution in [2.24, 2.45) is 0 Å². The Labute approximate surface area is 143 Å². The number of amides is 1. The lowest BCUT2D eigenvalue weighted by Crippen LogP contribution is -3.08. The van der Waals surface area contributed by atoms with Crippen molar-refractivity contribution in [2.75, 3.05) is 18.9 Å². The van der Waals surface area contributed by atoms with Gasteiger partial charge < -0.3 is 10.2 Å². The van der Waals surface area contributed by atoms with Gasteiger partial charge in [0.15, 0.2) is 6.54 Å². The molecule has 2 N–H and O–H groups in total. The zero-order valence-corrected chi connectivity index (χ0v) is 14.6. The molecule has 2 atom stereocenters. The number of hydrogen-bond donors (Lipinski definition) is 2. The zero-order chi connectivity index (χ0) is 17.5. The van der Waals surface area contributed by atoms with Crippen molar-refractivity contribution in [3.63, 3.8) is 0 Å². The van der Waals surface area contributed by atoms with Crippen LogP contribution in [-0.2, 0) is 11.3 Å². The Hall–Kier alpha value is -2.20. The van der Waals surface area contributed by atoms with E-state index in [1.807, 2.05) is 25.2 Å². The molecule has 4 heteroatoms. The molecule has 0 aliphatic rings. The van der Waals surface area contributed by atoms with Gasteiger partial charge in [-0.3, -0.25) is 4.79 Å². The Balaban J connectivity index is 1.94. The number of anilines is 1. The maximum atomic E-state index is 12.9. The average Bonchev–Trinajstić information content (AvgIpc) is 2.56. The number of nitrogens with one attached hydrogen (secondary N) is 2. The first kappa shape index (κ1) is 18.1. The van der Waals surface area contributed by atoms with Gasteiger partial charge in [-0.25, -0.2) is 4.39 Å². The Kier molecular flexibility index (Phi) is 6.50. The summed E-state index contributed by atoms with van der Waals surface area (Å²) in [4.78, 5) is 13.4. The molecule has 1 amide bonds. The van der Waals surface area contributed by atoms with Crippen LogP contribution in [0.25, 0.3) is 0 Å². The van der Waals surface area contributed by atoms with Crippen LogP contribution >= 0.6 is 0 Å². The number of likely N-dealkylation sites (N-methyl/N-ethyl adjacent to an activating group) is 1. The maximum absolute atomic E-state index is 12.9. The summed E-state index contributed by atoms with van der Waals surface area (Å²) in [6.45, 7) is 5.35. The van der Waals surface area contributed by atoms with Gasteiger partial charge in [-0.05, 0) is 36.1 Å². The molecule has 0 fully saturated rings. The normalized spacial score (nSPS) is 13.3. The Morgan fingerprint density at radius 1 is 1.17 bits per heavy atom. The molecule has 1 unspecified atom stereocenters. The van der Waals surface area contributed by atoms with E-state index < -0.39 is 0 Å². The fourth-order valence-electron chi connectivity index (χ4n) is 2.74. The highest BCUT2D eigenvalue weighted by atomic mass is 19.1. The van der Waals surface area contributed by atoms with Crippen LogP contribution < -0.4 is 10.2 Å². The second-order valence-electron chi connectivity index (χ2n) is 6.38. The lowest BCUT2D eigenvalue weighted by molar-refractivity contribution is -0.885. The van der Waals surface area contributed by atoms with Crippen LogP contribution in [0.1, 0.15) is 37.3 Å². The third kappa shape index (κ3) is 5.17. The van der Waals surface area contributed by atoms with E-state index in [-0.39, 0.29) is 11.7 Å². The highest BCUT2D eigenvalue weighted by Gasteiger charge is 2.14. The SMILES string of the molecule is CC[C@@H](C)c1ccccc1NC(=O)C[NH+](C)Cc1ccc(F)cc1. The van der Waals surface area contributed by atoms with E-state index in [2.05, 4.69) is 25.2 Å². The molecule has 0 bridgehead atoms. The molecule has 0 saturated carbocycles. The van der Waals surface area contributed by atoms with Crippen molar-refractivity contribution in [1.29, 1.82) is 0 Å². The van der Waals surface area contributed by atoms with E-state index >= 15 is 0 Å². The Morgan fingerprint density at radius 3 is 2.50 bits per heavy atom. The first-order valence-electron chi connectivity index (χ1n) is 8.44. The first-order chi connectivity index (χ1) is 11.5. The minimum Gasteiger partial charge on any atom is -0.326 e. The quantitative estimate of drug-likeness (QED) is 0.804. The maximum Gasteiger partial charge on any atom is 0.279 e. The summed E-state index contributed by atoms with van der Waals surface area (Å²) in [5.74, 6) is 0.159. The molecule has 2 aromatic rings. The van der Waals surface area contributed by atoms with Crippen LogP contribution in [0.3, 0.4) is 0 Å². The van der Waals surface area contributed by atoms with E-state index in [0.29, 0.717) is 19.0 Å². The first-order valence-corrected chi connectivity index (χ1v) is 8.44. The number of para-hydroxylation sites is 1. The minimum atomic E-state index is -0.240. The summed E-state index contributed by atoms with van der Waals surface area (Å²) >= 11 is 0. The topological polar surface area (TPSA) is 33.5 Å². The molecule has 0 saturated heterocycles. The lowest BCUT2D eigenvalue weighted by atomic mass is 9.97. The van der Waals surface area contributed by atoms with Gasteiger partial charge >= 0.3 is 0 Å². The van der Waals surface area contributed by atoms with Crippen LogP contribution in [0.5, 0.6) is 0 Å². The van der Waals surface area contributed by atoms with Crippen LogP contribution in [0, 0.1) is 5.82 Å². The highest BCUT2D eigenvalue weighted by molar-refractivity contribution is 5.92. The third-order valence-corrected chi connectivity index (χ3v) is 4.26. The van der Waals surface area contributed by atoms with Gasteiger partial charge in [0.1, 0.15) is 12.4 Å². The van der Waals surface area contributed by atoms with E-state index in [4.69, 9.17) is 0 Å². The number of quaternary nitrogens is 1. The van der Waals surface area contributed by atoms with E-state index in [9.17, 15) is 9.18 Å². The number of rotatable bonds is 7. The van der Waals surface area contributed by atoms with Gasteiger partial charge in [-0.15, -0.1) is 0 Å². The predicted molar refractivity (Wildman–Crippen MR) is 95.6 cm³/mol. The summed E-state index contributed by atoms with van der Waals surface area (Å²) in [7, 11) is 1.96. The number of carbonyl (C=O) groups is 1. The molecule has 24 heavy (non-hydrogen) atoms. The van der Waals surface area contributed by atoms with Crippen molar-refractivity contribution in [3.05, 3.63) is 65.5 Å². The van der Waals surface area contributed by atoms with Crippen molar-refractivity contribution in [2.45, 2.75) is 32.7 Å². The minimum absolute atomic E-state index is 0.00892. The molecular formula is C20H26FN2O+. The monoisotopic (exact) mass is 329 g/mol. The smallest absolute Gasteiger partial charge is 0.279 e. The molecule has 2 aromatic carbocycles. The molecule has 128 valence electrons. The molecule has 0 aliphatic heterocycles. The Bertz CT molecular complexity index is 670. The molecular weight excluding hydrogens is 303 g/mol. The fourth-order valence-corrected chi connectivity index (χ4v) is 2.74. The van der Waals surface area contributed by atoms with Gasteiger partial charge in [-0.1, -0.05) is 44.2 Å². The van der Waals surface area contributed by atoms with Crippen molar-refractivity contribution >= 4 is 11.6 Å². The number of benzene rings is 2. The van der Waals surface area contributed by atoms with Crippen molar-refractivity contribution < 1.29 is 14.1 Å². The molecule has 0 aromatic heterocycles. The second kappa shape index (κ2) is 8.60. The highest BCUT2D eigenvalue weighted by Crippen LogP contribution is 2.26. The summed E-state index contributed by atoms with van der Waals surface area (Å²) in [6.07, 6.45) is 1.03. The molecule has 0 spiro atoms. The number of halogens is 1. The standard InChI is InChI=1S/C20H25FN2O/c1-4-15(2)18-7-5-6-8-19(18)22-20(24)14-23(3)13-16-9-11-17(21)12-10-16/h5-12,15H,4,13-14H2,1-3H3,(H,22,24)/p+1/t15-/m1/s1. The van der Waals surface area contributed by atoms with Crippen molar-refractivity contribution in [1.82, 2.24) is 0 Å². The lowest BCUT2D eigenvalue weighted by Gasteiger charge is -2.17. The van der Waals surface area contributed by atoms with Crippen molar-refractivity contribution in [3.8, 4) is 0 Å². The molecule has 0 radical (unpaired) electrons. The van der Waals surface area contributed by atoms with Gasteiger partial charge in [0.05, 0.1) is 7.05 Å². The molecule has 3 nitrogen and oxygen atoms in total. The van der Waals surface area contributed by atoms with E-state index in [1.165, 1.54) is 17.7 Å². The molecule has 2 rings (SSSR count). The number of carbonyl (C=O) groups excluding carboxylic acids is 1. The van der Waals surface area contributed by atoms with Gasteiger partial charge in [0.2, 0.25) is 0 Å². The number of hydrogen-bond acceptors (Lipinski definition) is 1. The van der Waals surface area contributed by atoms with Crippen LogP contribution in [0.2, 0.25) is 0 Å². The summed E-state index contributed by atoms with van der Waals surface area (Å²) in [5, 5.41) is 3.03. The largest absolute Gasteiger partial charge is 0.326 e. The Morgan fingerprint density at radius 2 is 1.83 bits per heavy atom. The third-order valence-electron chi connectivity index (χ3n) is 4.26.